The van der Waals surface area contributed by atoms with Crippen molar-refractivity contribution in [3.8, 4) is 0 Å². The summed E-state index contributed by atoms with van der Waals surface area (Å²) in [6.07, 6.45) is 4.66. The maximum atomic E-state index is 12.5. The minimum Gasteiger partial charge on any atom is -0.338 e. The predicted octanol–water partition coefficient (Wildman–Crippen LogP) is 4.34. The molecule has 0 bridgehead atoms. The van der Waals surface area contributed by atoms with Gasteiger partial charge in [-0.25, -0.2) is 4.79 Å². The standard InChI is InChI=1S/C16H26N2OS/c1-12(2)11-17-16(19)18-10-6-4-5-7-14(18)15-9-8-13(3)20-15/h8-9,12,14H,4-7,10-11H2,1-3H3,(H,17,19)/t14-/m0/s1. The molecule has 4 heteroatoms. The predicted molar refractivity (Wildman–Crippen MR) is 85.2 cm³/mol. The largest absolute Gasteiger partial charge is 0.338 e. The third-order valence-electron chi connectivity index (χ3n) is 3.76. The van der Waals surface area contributed by atoms with Gasteiger partial charge in [-0.3, -0.25) is 0 Å². The van der Waals surface area contributed by atoms with Crippen molar-refractivity contribution in [3.63, 3.8) is 0 Å². The van der Waals surface area contributed by atoms with Gasteiger partial charge in [0.25, 0.3) is 0 Å². The van der Waals surface area contributed by atoms with Crippen LogP contribution in [0.1, 0.15) is 55.3 Å². The highest BCUT2D eigenvalue weighted by Gasteiger charge is 2.27. The van der Waals surface area contributed by atoms with Crippen molar-refractivity contribution in [1.82, 2.24) is 10.2 Å². The Hall–Kier alpha value is -1.03. The van der Waals surface area contributed by atoms with E-state index in [-0.39, 0.29) is 12.1 Å². The van der Waals surface area contributed by atoms with Crippen LogP contribution in [0.3, 0.4) is 0 Å². The Morgan fingerprint density at radius 2 is 2.20 bits per heavy atom. The van der Waals surface area contributed by atoms with E-state index < -0.39 is 0 Å². The third kappa shape index (κ3) is 3.98. The summed E-state index contributed by atoms with van der Waals surface area (Å²) < 4.78 is 0. The van der Waals surface area contributed by atoms with Gasteiger partial charge in [-0.2, -0.15) is 0 Å². The molecular formula is C16H26N2OS. The zero-order valence-electron chi connectivity index (χ0n) is 12.8. The number of rotatable bonds is 3. The van der Waals surface area contributed by atoms with E-state index in [2.05, 4.69) is 43.1 Å². The second kappa shape index (κ2) is 7.11. The molecule has 0 radical (unpaired) electrons. The lowest BCUT2D eigenvalue weighted by Gasteiger charge is -2.30. The van der Waals surface area contributed by atoms with Gasteiger partial charge in [0.2, 0.25) is 0 Å². The number of carbonyl (C=O) groups is 1. The summed E-state index contributed by atoms with van der Waals surface area (Å²) in [5, 5.41) is 3.08. The topological polar surface area (TPSA) is 32.3 Å². The highest BCUT2D eigenvalue weighted by atomic mass is 32.1. The first-order valence-corrected chi connectivity index (χ1v) is 8.50. The molecule has 1 atom stereocenters. The summed E-state index contributed by atoms with van der Waals surface area (Å²) in [5.41, 5.74) is 0. The van der Waals surface area contributed by atoms with Crippen molar-refractivity contribution in [1.29, 1.82) is 0 Å². The van der Waals surface area contributed by atoms with Crippen LogP contribution in [0.4, 0.5) is 4.79 Å². The molecule has 1 aromatic heterocycles. The van der Waals surface area contributed by atoms with Gasteiger partial charge in [0.05, 0.1) is 6.04 Å². The lowest BCUT2D eigenvalue weighted by molar-refractivity contribution is 0.175. The Labute approximate surface area is 126 Å². The Bertz CT molecular complexity index is 441. The molecule has 2 heterocycles. The van der Waals surface area contributed by atoms with Crippen LogP contribution in [0.15, 0.2) is 12.1 Å². The van der Waals surface area contributed by atoms with Crippen LogP contribution in [0.5, 0.6) is 0 Å². The van der Waals surface area contributed by atoms with Crippen molar-refractivity contribution in [3.05, 3.63) is 21.9 Å². The fraction of sp³-hybridized carbons (Fsp3) is 0.688. The number of hydrogen-bond donors (Lipinski definition) is 1. The minimum atomic E-state index is 0.108. The third-order valence-corrected chi connectivity index (χ3v) is 4.87. The molecule has 20 heavy (non-hydrogen) atoms. The fourth-order valence-electron chi connectivity index (χ4n) is 2.67. The van der Waals surface area contributed by atoms with E-state index in [0.29, 0.717) is 5.92 Å². The molecule has 2 amide bonds. The summed E-state index contributed by atoms with van der Waals surface area (Å²) in [4.78, 5) is 17.2. The molecule has 0 aliphatic carbocycles. The van der Waals surface area contributed by atoms with E-state index in [0.717, 1.165) is 25.9 Å². The van der Waals surface area contributed by atoms with Crippen LogP contribution < -0.4 is 5.32 Å². The van der Waals surface area contributed by atoms with Crippen molar-refractivity contribution in [2.45, 2.75) is 52.5 Å². The summed E-state index contributed by atoms with van der Waals surface area (Å²) in [5.74, 6) is 0.494. The van der Waals surface area contributed by atoms with E-state index >= 15 is 0 Å². The average molecular weight is 294 g/mol. The number of amides is 2. The van der Waals surface area contributed by atoms with Gasteiger partial charge in [-0.1, -0.05) is 26.7 Å². The number of thiophene rings is 1. The smallest absolute Gasteiger partial charge is 0.317 e. The molecule has 2 rings (SSSR count). The van der Waals surface area contributed by atoms with Gasteiger partial charge in [0.1, 0.15) is 0 Å². The summed E-state index contributed by atoms with van der Waals surface area (Å²) in [6.45, 7) is 8.02. The Morgan fingerprint density at radius 3 is 2.85 bits per heavy atom. The Morgan fingerprint density at radius 1 is 1.40 bits per heavy atom. The van der Waals surface area contributed by atoms with E-state index in [9.17, 15) is 4.79 Å². The molecular weight excluding hydrogens is 268 g/mol. The first kappa shape index (κ1) is 15.4. The molecule has 1 aliphatic heterocycles. The highest BCUT2D eigenvalue weighted by molar-refractivity contribution is 7.12. The molecule has 0 aromatic carbocycles. The normalized spacial score (nSPS) is 20.0. The van der Waals surface area contributed by atoms with Crippen LogP contribution >= 0.6 is 11.3 Å². The van der Waals surface area contributed by atoms with Crippen LogP contribution in [0.2, 0.25) is 0 Å². The molecule has 0 unspecified atom stereocenters. The second-order valence-corrected chi connectivity index (χ2v) is 7.41. The molecule has 0 spiro atoms. The number of carbonyl (C=O) groups excluding carboxylic acids is 1. The Balaban J connectivity index is 2.10. The molecule has 1 aromatic rings. The Kier molecular flexibility index (Phi) is 5.46. The summed E-state index contributed by atoms with van der Waals surface area (Å²) in [6, 6.07) is 4.73. The van der Waals surface area contributed by atoms with Gasteiger partial charge in [-0.05, 0) is 37.8 Å². The van der Waals surface area contributed by atoms with Gasteiger partial charge in [-0.15, -0.1) is 11.3 Å². The first-order valence-electron chi connectivity index (χ1n) is 7.68. The highest BCUT2D eigenvalue weighted by Crippen LogP contribution is 2.34. The maximum Gasteiger partial charge on any atom is 0.317 e. The molecule has 1 fully saturated rings. The number of likely N-dealkylation sites (tertiary alicyclic amines) is 1. The maximum absolute atomic E-state index is 12.5. The quantitative estimate of drug-likeness (QED) is 0.883. The van der Waals surface area contributed by atoms with Crippen LogP contribution in [0.25, 0.3) is 0 Å². The van der Waals surface area contributed by atoms with Crippen molar-refractivity contribution in [2.75, 3.05) is 13.1 Å². The number of urea groups is 1. The summed E-state index contributed by atoms with van der Waals surface area (Å²) in [7, 11) is 0. The lowest BCUT2D eigenvalue weighted by Crippen LogP contribution is -2.43. The zero-order chi connectivity index (χ0) is 14.5. The monoisotopic (exact) mass is 294 g/mol. The number of hydrogen-bond acceptors (Lipinski definition) is 2. The van der Waals surface area contributed by atoms with E-state index in [1.165, 1.54) is 22.6 Å². The van der Waals surface area contributed by atoms with E-state index in [1.807, 2.05) is 11.3 Å². The van der Waals surface area contributed by atoms with Crippen LogP contribution in [-0.4, -0.2) is 24.0 Å². The number of nitrogens with one attached hydrogen (secondary N) is 1. The lowest BCUT2D eigenvalue weighted by atomic mass is 10.1. The zero-order valence-corrected chi connectivity index (χ0v) is 13.6. The van der Waals surface area contributed by atoms with E-state index in [4.69, 9.17) is 0 Å². The van der Waals surface area contributed by atoms with Gasteiger partial charge >= 0.3 is 6.03 Å². The van der Waals surface area contributed by atoms with E-state index in [1.54, 1.807) is 0 Å². The van der Waals surface area contributed by atoms with Gasteiger partial charge in [0, 0.05) is 22.8 Å². The number of nitrogens with zero attached hydrogens (tertiary/aromatic N) is 1. The molecule has 3 nitrogen and oxygen atoms in total. The van der Waals surface area contributed by atoms with Crippen molar-refractivity contribution >= 4 is 17.4 Å². The molecule has 112 valence electrons. The average Bonchev–Trinajstić information content (AvgIpc) is 2.69. The molecule has 1 saturated heterocycles. The SMILES string of the molecule is Cc1ccc([C@@H]2CCCCCN2C(=O)NCC(C)C)s1. The van der Waals surface area contributed by atoms with Crippen molar-refractivity contribution in [2.24, 2.45) is 5.92 Å². The van der Waals surface area contributed by atoms with Crippen LogP contribution in [0, 0.1) is 12.8 Å². The molecule has 1 N–H and O–H groups in total. The summed E-state index contributed by atoms with van der Waals surface area (Å²) >= 11 is 1.83. The molecule has 1 aliphatic rings. The van der Waals surface area contributed by atoms with Crippen molar-refractivity contribution < 1.29 is 4.79 Å². The second-order valence-electron chi connectivity index (χ2n) is 6.09. The fourth-order valence-corrected chi connectivity index (χ4v) is 3.70. The molecule has 0 saturated carbocycles. The van der Waals surface area contributed by atoms with Gasteiger partial charge in [0.15, 0.2) is 0 Å². The van der Waals surface area contributed by atoms with Crippen LogP contribution in [-0.2, 0) is 0 Å². The first-order chi connectivity index (χ1) is 9.58. The minimum absolute atomic E-state index is 0.108. The number of aryl methyl sites for hydroxylation is 1. The van der Waals surface area contributed by atoms with Gasteiger partial charge < -0.3 is 10.2 Å².